The lowest BCUT2D eigenvalue weighted by Crippen LogP contribution is -2.42. The van der Waals surface area contributed by atoms with Gasteiger partial charge in [-0.15, -0.1) is 0 Å². The zero-order valence-corrected chi connectivity index (χ0v) is 10.2. The minimum absolute atomic E-state index is 0.909. The molecular formula is C11H17BrN2. The molecule has 3 heteroatoms. The molecule has 0 bridgehead atoms. The summed E-state index contributed by atoms with van der Waals surface area (Å²) in [6.07, 6.45) is 6.22. The molecular weight excluding hydrogens is 240 g/mol. The Balaban J connectivity index is 2.57. The van der Waals surface area contributed by atoms with Gasteiger partial charge in [-0.2, -0.15) is 0 Å². The maximum Gasteiger partial charge on any atom is 0.0324 e. The third kappa shape index (κ3) is 3.68. The number of piperazine rings is 1. The van der Waals surface area contributed by atoms with Crippen molar-refractivity contribution in [2.45, 2.75) is 6.92 Å². The minimum atomic E-state index is 0.909. The standard InChI is InChI=1S/C11H17BrN2/c1-3-11(5-4-10(2)12)14-8-6-13-7-9-14/h3-5,13H,2,6-9H2,1H3/b5-4-,11-3+. The van der Waals surface area contributed by atoms with Gasteiger partial charge in [-0.1, -0.05) is 28.6 Å². The number of nitrogens with zero attached hydrogens (tertiary/aromatic N) is 1. The van der Waals surface area contributed by atoms with Gasteiger partial charge in [0.25, 0.3) is 0 Å². The molecule has 0 aromatic carbocycles. The van der Waals surface area contributed by atoms with Crippen LogP contribution in [-0.2, 0) is 0 Å². The van der Waals surface area contributed by atoms with Gasteiger partial charge in [0, 0.05) is 36.4 Å². The molecule has 1 heterocycles. The number of hydrogen-bond donors (Lipinski definition) is 1. The maximum absolute atomic E-state index is 3.78. The van der Waals surface area contributed by atoms with Crippen LogP contribution in [0, 0.1) is 0 Å². The van der Waals surface area contributed by atoms with Crippen LogP contribution in [0.2, 0.25) is 0 Å². The summed E-state index contributed by atoms with van der Waals surface area (Å²) in [4.78, 5) is 2.38. The Bertz CT molecular complexity index is 250. The molecule has 1 saturated heterocycles. The van der Waals surface area contributed by atoms with Crippen LogP contribution in [0.3, 0.4) is 0 Å². The van der Waals surface area contributed by atoms with E-state index >= 15 is 0 Å². The molecule has 0 spiro atoms. The highest BCUT2D eigenvalue weighted by atomic mass is 79.9. The maximum atomic E-state index is 3.78. The topological polar surface area (TPSA) is 15.3 Å². The van der Waals surface area contributed by atoms with Crippen molar-refractivity contribution in [3.8, 4) is 0 Å². The number of nitrogens with one attached hydrogen (secondary N) is 1. The summed E-state index contributed by atoms with van der Waals surface area (Å²) in [5, 5.41) is 3.34. The molecule has 1 rings (SSSR count). The summed E-state index contributed by atoms with van der Waals surface area (Å²) in [6, 6.07) is 0. The molecule has 0 atom stereocenters. The lowest BCUT2D eigenvalue weighted by molar-refractivity contribution is 0.307. The molecule has 0 aromatic rings. The molecule has 1 aliphatic rings. The van der Waals surface area contributed by atoms with Crippen LogP contribution in [0.1, 0.15) is 6.92 Å². The highest BCUT2D eigenvalue weighted by Crippen LogP contribution is 2.10. The van der Waals surface area contributed by atoms with Crippen LogP contribution in [0.25, 0.3) is 0 Å². The van der Waals surface area contributed by atoms with Gasteiger partial charge in [-0.3, -0.25) is 0 Å². The van der Waals surface area contributed by atoms with E-state index in [4.69, 9.17) is 0 Å². The van der Waals surface area contributed by atoms with Gasteiger partial charge in [0.05, 0.1) is 0 Å². The van der Waals surface area contributed by atoms with Gasteiger partial charge >= 0.3 is 0 Å². The summed E-state index contributed by atoms with van der Waals surface area (Å²) in [7, 11) is 0. The van der Waals surface area contributed by atoms with E-state index in [9.17, 15) is 0 Å². The smallest absolute Gasteiger partial charge is 0.0324 e. The van der Waals surface area contributed by atoms with Crippen LogP contribution >= 0.6 is 15.9 Å². The van der Waals surface area contributed by atoms with Crippen molar-refractivity contribution < 1.29 is 0 Å². The van der Waals surface area contributed by atoms with Crippen LogP contribution in [0.5, 0.6) is 0 Å². The van der Waals surface area contributed by atoms with E-state index in [0.717, 1.165) is 30.7 Å². The Kier molecular flexibility index (Phi) is 4.98. The van der Waals surface area contributed by atoms with Gasteiger partial charge in [-0.25, -0.2) is 0 Å². The Morgan fingerprint density at radius 1 is 1.36 bits per heavy atom. The molecule has 0 unspecified atom stereocenters. The van der Waals surface area contributed by atoms with Crippen molar-refractivity contribution in [3.63, 3.8) is 0 Å². The van der Waals surface area contributed by atoms with E-state index in [2.05, 4.69) is 51.8 Å². The third-order valence-electron chi connectivity index (χ3n) is 2.21. The second-order valence-corrected chi connectivity index (χ2v) is 4.25. The molecule has 2 nitrogen and oxygen atoms in total. The Hall–Kier alpha value is -0.540. The fraction of sp³-hybridized carbons (Fsp3) is 0.455. The normalized spacial score (nSPS) is 19.0. The number of allylic oxidation sites excluding steroid dienone is 4. The van der Waals surface area contributed by atoms with Crippen molar-refractivity contribution in [2.75, 3.05) is 26.2 Å². The summed E-state index contributed by atoms with van der Waals surface area (Å²) in [5.41, 5.74) is 1.27. The van der Waals surface area contributed by atoms with Crippen LogP contribution in [0.15, 0.2) is 35.0 Å². The number of hydrogen-bond acceptors (Lipinski definition) is 2. The van der Waals surface area contributed by atoms with E-state index in [0.29, 0.717) is 0 Å². The van der Waals surface area contributed by atoms with E-state index < -0.39 is 0 Å². The van der Waals surface area contributed by atoms with Crippen molar-refractivity contribution in [1.82, 2.24) is 10.2 Å². The fourth-order valence-electron chi connectivity index (χ4n) is 1.48. The molecule has 14 heavy (non-hydrogen) atoms. The van der Waals surface area contributed by atoms with E-state index in [-0.39, 0.29) is 0 Å². The first-order valence-corrected chi connectivity index (χ1v) is 5.68. The molecule has 78 valence electrons. The van der Waals surface area contributed by atoms with Crippen molar-refractivity contribution in [3.05, 3.63) is 35.0 Å². The first kappa shape index (κ1) is 11.5. The van der Waals surface area contributed by atoms with Crippen LogP contribution < -0.4 is 5.32 Å². The Morgan fingerprint density at radius 3 is 2.50 bits per heavy atom. The first-order chi connectivity index (χ1) is 6.74. The average Bonchev–Trinajstić information content (AvgIpc) is 2.20. The zero-order chi connectivity index (χ0) is 10.4. The van der Waals surface area contributed by atoms with Gasteiger partial charge < -0.3 is 10.2 Å². The van der Waals surface area contributed by atoms with Crippen molar-refractivity contribution in [1.29, 1.82) is 0 Å². The van der Waals surface area contributed by atoms with Crippen LogP contribution in [-0.4, -0.2) is 31.1 Å². The molecule has 0 saturated carbocycles. The average molecular weight is 257 g/mol. The summed E-state index contributed by atoms with van der Waals surface area (Å²) < 4.78 is 0.909. The molecule has 0 amide bonds. The monoisotopic (exact) mass is 256 g/mol. The van der Waals surface area contributed by atoms with Gasteiger partial charge in [0.15, 0.2) is 0 Å². The summed E-state index contributed by atoms with van der Waals surface area (Å²) in [5.74, 6) is 0. The lowest BCUT2D eigenvalue weighted by Gasteiger charge is -2.30. The molecule has 1 N–H and O–H groups in total. The highest BCUT2D eigenvalue weighted by Gasteiger charge is 2.09. The van der Waals surface area contributed by atoms with E-state index in [1.165, 1.54) is 5.70 Å². The van der Waals surface area contributed by atoms with Gasteiger partial charge in [-0.05, 0) is 19.1 Å². The zero-order valence-electron chi connectivity index (χ0n) is 8.59. The Labute approximate surface area is 94.5 Å². The molecule has 1 fully saturated rings. The lowest BCUT2D eigenvalue weighted by atomic mass is 10.2. The van der Waals surface area contributed by atoms with Gasteiger partial charge in [0.2, 0.25) is 0 Å². The van der Waals surface area contributed by atoms with E-state index in [1.54, 1.807) is 0 Å². The molecule has 1 aliphatic heterocycles. The predicted molar refractivity (Wildman–Crippen MR) is 65.4 cm³/mol. The van der Waals surface area contributed by atoms with Crippen molar-refractivity contribution >= 4 is 15.9 Å². The summed E-state index contributed by atoms with van der Waals surface area (Å²) >= 11 is 3.32. The fourth-order valence-corrected chi connectivity index (χ4v) is 1.62. The third-order valence-corrected chi connectivity index (χ3v) is 2.48. The second kappa shape index (κ2) is 6.04. The minimum Gasteiger partial charge on any atom is -0.369 e. The Morgan fingerprint density at radius 2 is 2.00 bits per heavy atom. The number of rotatable bonds is 3. The number of halogens is 1. The highest BCUT2D eigenvalue weighted by molar-refractivity contribution is 9.11. The second-order valence-electron chi connectivity index (χ2n) is 3.23. The molecule has 0 aromatic heterocycles. The van der Waals surface area contributed by atoms with Crippen molar-refractivity contribution in [2.24, 2.45) is 0 Å². The SMILES string of the molecule is C=C(Br)/C=C\C(=C/C)N1CCNCC1. The quantitative estimate of drug-likeness (QED) is 0.780. The van der Waals surface area contributed by atoms with Gasteiger partial charge in [0.1, 0.15) is 0 Å². The molecule has 0 radical (unpaired) electrons. The largest absolute Gasteiger partial charge is 0.369 e. The molecule has 0 aliphatic carbocycles. The van der Waals surface area contributed by atoms with Crippen LogP contribution in [0.4, 0.5) is 0 Å². The first-order valence-electron chi connectivity index (χ1n) is 4.88. The predicted octanol–water partition coefficient (Wildman–Crippen LogP) is 2.26. The van der Waals surface area contributed by atoms with E-state index in [1.807, 2.05) is 6.08 Å². The summed E-state index contributed by atoms with van der Waals surface area (Å²) in [6.45, 7) is 10.2.